The summed E-state index contributed by atoms with van der Waals surface area (Å²) >= 11 is 0. The Morgan fingerprint density at radius 2 is 1.80 bits per heavy atom. The van der Waals surface area contributed by atoms with E-state index < -0.39 is 5.60 Å². The fourth-order valence-electron chi connectivity index (χ4n) is 1.82. The van der Waals surface area contributed by atoms with Crippen LogP contribution < -0.4 is 0 Å². The SMILES string of the molecule is CON(C(=O)OC(C)(C)C)C1CCCC1. The van der Waals surface area contributed by atoms with Crippen molar-refractivity contribution in [3.8, 4) is 0 Å². The lowest BCUT2D eigenvalue weighted by Crippen LogP contribution is -2.41. The lowest BCUT2D eigenvalue weighted by atomic mass is 10.2. The topological polar surface area (TPSA) is 38.8 Å². The number of ether oxygens (including phenoxy) is 1. The second-order valence-electron chi connectivity index (χ2n) is 4.93. The highest BCUT2D eigenvalue weighted by atomic mass is 16.7. The van der Waals surface area contributed by atoms with E-state index in [2.05, 4.69) is 0 Å². The van der Waals surface area contributed by atoms with Gasteiger partial charge >= 0.3 is 6.09 Å². The van der Waals surface area contributed by atoms with Crippen molar-refractivity contribution in [3.05, 3.63) is 0 Å². The van der Waals surface area contributed by atoms with Crippen molar-refractivity contribution in [1.82, 2.24) is 5.06 Å². The molecule has 0 radical (unpaired) electrons. The lowest BCUT2D eigenvalue weighted by Gasteiger charge is -2.29. The van der Waals surface area contributed by atoms with Crippen LogP contribution in [0.25, 0.3) is 0 Å². The first-order valence-electron chi connectivity index (χ1n) is 5.50. The van der Waals surface area contributed by atoms with E-state index in [0.29, 0.717) is 0 Å². The molecule has 0 heterocycles. The van der Waals surface area contributed by atoms with E-state index in [1.807, 2.05) is 20.8 Å². The van der Waals surface area contributed by atoms with Crippen LogP contribution in [0.15, 0.2) is 0 Å². The second kappa shape index (κ2) is 4.84. The number of carbonyl (C=O) groups excluding carboxylic acids is 1. The van der Waals surface area contributed by atoms with Crippen LogP contribution in [-0.2, 0) is 9.57 Å². The van der Waals surface area contributed by atoms with Gasteiger partial charge < -0.3 is 4.74 Å². The Morgan fingerprint density at radius 3 is 2.20 bits per heavy atom. The fourth-order valence-corrected chi connectivity index (χ4v) is 1.82. The van der Waals surface area contributed by atoms with Crippen LogP contribution in [0.1, 0.15) is 46.5 Å². The van der Waals surface area contributed by atoms with Crippen LogP contribution in [0.2, 0.25) is 0 Å². The summed E-state index contributed by atoms with van der Waals surface area (Å²) in [6, 6.07) is 0.185. The van der Waals surface area contributed by atoms with Crippen molar-refractivity contribution in [2.75, 3.05) is 7.11 Å². The molecule has 4 heteroatoms. The van der Waals surface area contributed by atoms with E-state index in [4.69, 9.17) is 9.57 Å². The van der Waals surface area contributed by atoms with Gasteiger partial charge in [0, 0.05) is 0 Å². The number of rotatable bonds is 2. The van der Waals surface area contributed by atoms with Crippen LogP contribution in [0.3, 0.4) is 0 Å². The molecule has 0 bridgehead atoms. The molecule has 1 saturated carbocycles. The monoisotopic (exact) mass is 215 g/mol. The molecular formula is C11H21NO3. The summed E-state index contributed by atoms with van der Waals surface area (Å²) in [5.41, 5.74) is -0.466. The van der Waals surface area contributed by atoms with Gasteiger partial charge in [-0.15, -0.1) is 0 Å². The molecule has 0 atom stereocenters. The first-order valence-corrected chi connectivity index (χ1v) is 5.50. The molecule has 0 spiro atoms. The summed E-state index contributed by atoms with van der Waals surface area (Å²) in [7, 11) is 1.52. The molecule has 4 nitrogen and oxygen atoms in total. The smallest absolute Gasteiger partial charge is 0.434 e. The number of nitrogens with zero attached hydrogens (tertiary/aromatic N) is 1. The zero-order valence-electron chi connectivity index (χ0n) is 10.1. The quantitative estimate of drug-likeness (QED) is 0.665. The van der Waals surface area contributed by atoms with Crippen molar-refractivity contribution in [2.45, 2.75) is 58.1 Å². The average molecular weight is 215 g/mol. The van der Waals surface area contributed by atoms with Crippen LogP contribution in [0.4, 0.5) is 4.79 Å². The summed E-state index contributed by atoms with van der Waals surface area (Å²) in [5, 5.41) is 1.37. The standard InChI is InChI=1S/C11H21NO3/c1-11(2,3)15-10(13)12(14-4)9-7-5-6-8-9/h9H,5-8H2,1-4H3. The van der Waals surface area contributed by atoms with E-state index in [9.17, 15) is 4.79 Å². The van der Waals surface area contributed by atoms with E-state index in [1.54, 1.807) is 0 Å². The Kier molecular flexibility index (Phi) is 3.97. The number of amides is 1. The second-order valence-corrected chi connectivity index (χ2v) is 4.93. The summed E-state index contributed by atoms with van der Waals surface area (Å²) < 4.78 is 5.27. The normalized spacial score (nSPS) is 17.9. The number of hydroxylamine groups is 2. The predicted octanol–water partition coefficient (Wildman–Crippen LogP) is 2.73. The Bertz CT molecular complexity index is 216. The molecule has 0 aromatic rings. The Morgan fingerprint density at radius 1 is 1.27 bits per heavy atom. The van der Waals surface area contributed by atoms with Gasteiger partial charge in [0.25, 0.3) is 0 Å². The fraction of sp³-hybridized carbons (Fsp3) is 0.909. The van der Waals surface area contributed by atoms with Gasteiger partial charge in [0.1, 0.15) is 5.60 Å². The van der Waals surface area contributed by atoms with Gasteiger partial charge in [-0.05, 0) is 33.6 Å². The highest BCUT2D eigenvalue weighted by Crippen LogP contribution is 2.24. The molecule has 1 rings (SSSR count). The molecule has 15 heavy (non-hydrogen) atoms. The third-order valence-corrected chi connectivity index (χ3v) is 2.43. The van der Waals surface area contributed by atoms with Crippen molar-refractivity contribution in [1.29, 1.82) is 0 Å². The summed E-state index contributed by atoms with van der Waals surface area (Å²) in [4.78, 5) is 16.9. The van der Waals surface area contributed by atoms with E-state index in [1.165, 1.54) is 12.2 Å². The van der Waals surface area contributed by atoms with Crippen molar-refractivity contribution in [2.24, 2.45) is 0 Å². The molecule has 1 aliphatic carbocycles. The Hall–Kier alpha value is -0.770. The lowest BCUT2D eigenvalue weighted by molar-refractivity contribution is -0.147. The molecule has 88 valence electrons. The maximum Gasteiger partial charge on any atom is 0.434 e. The molecule has 1 aliphatic rings. The highest BCUT2D eigenvalue weighted by molar-refractivity contribution is 5.67. The van der Waals surface area contributed by atoms with Crippen molar-refractivity contribution in [3.63, 3.8) is 0 Å². The van der Waals surface area contributed by atoms with Gasteiger partial charge in [0.15, 0.2) is 0 Å². The minimum Gasteiger partial charge on any atom is -0.442 e. The van der Waals surface area contributed by atoms with Gasteiger partial charge in [-0.2, -0.15) is 5.06 Å². The molecule has 1 fully saturated rings. The molecule has 0 unspecified atom stereocenters. The van der Waals surface area contributed by atoms with Crippen LogP contribution in [-0.4, -0.2) is 29.9 Å². The molecule has 0 N–H and O–H groups in total. The first kappa shape index (κ1) is 12.3. The molecule has 0 aromatic heterocycles. The molecular weight excluding hydrogens is 194 g/mol. The molecule has 0 aromatic carbocycles. The predicted molar refractivity (Wildman–Crippen MR) is 57.3 cm³/mol. The van der Waals surface area contributed by atoms with E-state index in [-0.39, 0.29) is 12.1 Å². The number of hydrogen-bond acceptors (Lipinski definition) is 3. The number of hydrogen-bond donors (Lipinski definition) is 0. The van der Waals surface area contributed by atoms with Crippen LogP contribution in [0.5, 0.6) is 0 Å². The summed E-state index contributed by atoms with van der Waals surface area (Å²) in [6.45, 7) is 5.56. The summed E-state index contributed by atoms with van der Waals surface area (Å²) in [5.74, 6) is 0. The van der Waals surface area contributed by atoms with Crippen molar-refractivity contribution < 1.29 is 14.4 Å². The zero-order chi connectivity index (χ0) is 11.5. The minimum absolute atomic E-state index is 0.185. The van der Waals surface area contributed by atoms with Gasteiger partial charge in [-0.3, -0.25) is 4.84 Å². The average Bonchev–Trinajstić information content (AvgIpc) is 2.54. The van der Waals surface area contributed by atoms with Crippen LogP contribution in [0, 0.1) is 0 Å². The van der Waals surface area contributed by atoms with Gasteiger partial charge in [0.2, 0.25) is 0 Å². The largest absolute Gasteiger partial charge is 0.442 e. The maximum atomic E-state index is 11.8. The Labute approximate surface area is 91.5 Å². The van der Waals surface area contributed by atoms with Gasteiger partial charge in [-0.25, -0.2) is 4.79 Å². The van der Waals surface area contributed by atoms with E-state index in [0.717, 1.165) is 25.7 Å². The molecule has 0 saturated heterocycles. The van der Waals surface area contributed by atoms with Crippen LogP contribution >= 0.6 is 0 Å². The maximum absolute atomic E-state index is 11.8. The molecule has 1 amide bonds. The van der Waals surface area contributed by atoms with Crippen molar-refractivity contribution >= 4 is 6.09 Å². The summed E-state index contributed by atoms with van der Waals surface area (Å²) in [6.07, 6.45) is 3.96. The number of carbonyl (C=O) groups is 1. The third-order valence-electron chi connectivity index (χ3n) is 2.43. The zero-order valence-corrected chi connectivity index (χ0v) is 10.1. The Balaban J connectivity index is 2.53. The highest BCUT2D eigenvalue weighted by Gasteiger charge is 2.30. The molecule has 0 aliphatic heterocycles. The minimum atomic E-state index is -0.466. The van der Waals surface area contributed by atoms with Gasteiger partial charge in [0.05, 0.1) is 13.2 Å². The first-order chi connectivity index (χ1) is 6.94. The van der Waals surface area contributed by atoms with E-state index >= 15 is 0 Å². The van der Waals surface area contributed by atoms with Gasteiger partial charge in [-0.1, -0.05) is 12.8 Å². The third kappa shape index (κ3) is 3.70.